The zero-order chi connectivity index (χ0) is 13.5. The number of hydrogen-bond donors (Lipinski definition) is 0. The highest BCUT2D eigenvalue weighted by Crippen LogP contribution is 2.24. The minimum atomic E-state index is -4.76. The Labute approximate surface area is 98.0 Å². The van der Waals surface area contributed by atoms with Crippen LogP contribution < -0.4 is 0 Å². The van der Waals surface area contributed by atoms with E-state index in [-0.39, 0.29) is 13.2 Å². The van der Waals surface area contributed by atoms with E-state index in [4.69, 9.17) is 0 Å². The van der Waals surface area contributed by atoms with Crippen LogP contribution in [0.1, 0.15) is 20.3 Å². The Morgan fingerprint density at radius 3 is 2.35 bits per heavy atom. The molecule has 102 valence electrons. The molecule has 0 amide bonds. The maximum atomic E-state index is 12.5. The molecule has 0 aliphatic carbocycles. The summed E-state index contributed by atoms with van der Waals surface area (Å²) in [7, 11) is 1.36. The second-order valence-electron chi connectivity index (χ2n) is 3.50. The van der Waals surface area contributed by atoms with Gasteiger partial charge in [0.25, 0.3) is 6.10 Å². The summed E-state index contributed by atoms with van der Waals surface area (Å²) in [6.45, 7) is 2.96. The molecule has 0 radical (unpaired) electrons. The lowest BCUT2D eigenvalue weighted by Gasteiger charge is -2.21. The molecule has 0 spiro atoms. The van der Waals surface area contributed by atoms with E-state index in [0.29, 0.717) is 6.42 Å². The topological polar surface area (TPSA) is 44.8 Å². The zero-order valence-electron chi connectivity index (χ0n) is 10.0. The summed E-state index contributed by atoms with van der Waals surface area (Å²) in [5.41, 5.74) is 0. The second-order valence-corrected chi connectivity index (χ2v) is 3.50. The molecule has 0 aromatic carbocycles. The largest absolute Gasteiger partial charge is 0.458 e. The number of rotatable bonds is 7. The van der Waals surface area contributed by atoms with Crippen LogP contribution >= 0.6 is 0 Å². The molecule has 0 saturated carbocycles. The van der Waals surface area contributed by atoms with Crippen LogP contribution in [-0.2, 0) is 19.0 Å². The summed E-state index contributed by atoms with van der Waals surface area (Å²) >= 11 is 0. The third-order valence-electron chi connectivity index (χ3n) is 1.72. The molecule has 17 heavy (non-hydrogen) atoms. The molecule has 0 aromatic heterocycles. The van der Waals surface area contributed by atoms with Gasteiger partial charge in [0.05, 0.1) is 6.61 Å². The smallest absolute Gasteiger partial charge is 0.425 e. The fraction of sp³-hybridized carbons (Fsp3) is 0.900. The lowest BCUT2D eigenvalue weighted by atomic mass is 10.3. The zero-order valence-corrected chi connectivity index (χ0v) is 10.0. The van der Waals surface area contributed by atoms with E-state index in [0.717, 1.165) is 0 Å². The van der Waals surface area contributed by atoms with E-state index in [1.165, 1.54) is 14.0 Å². The van der Waals surface area contributed by atoms with Crippen LogP contribution in [0.5, 0.6) is 0 Å². The first-order valence-electron chi connectivity index (χ1n) is 5.20. The van der Waals surface area contributed by atoms with Crippen molar-refractivity contribution in [3.63, 3.8) is 0 Å². The van der Waals surface area contributed by atoms with Gasteiger partial charge in [0.15, 0.2) is 0 Å². The number of carbonyl (C=O) groups excluding carboxylic acids is 1. The first-order valence-corrected chi connectivity index (χ1v) is 5.20. The minimum absolute atomic E-state index is 0.0318. The van der Waals surface area contributed by atoms with Crippen molar-refractivity contribution < 1.29 is 32.2 Å². The lowest BCUT2D eigenvalue weighted by Crippen LogP contribution is -2.42. The molecular weight excluding hydrogens is 241 g/mol. The standard InChI is InChI=1S/C10H17F3O4/c1-4-5-16-8(10(11,12)13)9(14)17-7(2)6-15-3/h7-8H,4-6H2,1-3H3. The lowest BCUT2D eigenvalue weighted by molar-refractivity contribution is -0.233. The van der Waals surface area contributed by atoms with E-state index in [1.54, 1.807) is 6.92 Å². The molecule has 0 heterocycles. The summed E-state index contributed by atoms with van der Waals surface area (Å²) in [6, 6.07) is 0. The van der Waals surface area contributed by atoms with Crippen LogP contribution in [-0.4, -0.2) is 44.7 Å². The highest BCUT2D eigenvalue weighted by molar-refractivity contribution is 5.75. The predicted molar refractivity (Wildman–Crippen MR) is 53.5 cm³/mol. The summed E-state index contributed by atoms with van der Waals surface area (Å²) in [5, 5.41) is 0. The number of esters is 1. The number of ether oxygens (including phenoxy) is 3. The first kappa shape index (κ1) is 16.2. The monoisotopic (exact) mass is 258 g/mol. The summed E-state index contributed by atoms with van der Waals surface area (Å²) in [4.78, 5) is 11.3. The van der Waals surface area contributed by atoms with Crippen molar-refractivity contribution in [3.8, 4) is 0 Å². The SMILES string of the molecule is CCCOC(C(=O)OC(C)COC)C(F)(F)F. The van der Waals surface area contributed by atoms with Crippen LogP contribution in [0.3, 0.4) is 0 Å². The molecule has 0 fully saturated rings. The van der Waals surface area contributed by atoms with Crippen molar-refractivity contribution in [1.29, 1.82) is 0 Å². The first-order chi connectivity index (χ1) is 7.82. The van der Waals surface area contributed by atoms with Gasteiger partial charge in [-0.3, -0.25) is 0 Å². The van der Waals surface area contributed by atoms with Crippen molar-refractivity contribution in [2.75, 3.05) is 20.3 Å². The minimum Gasteiger partial charge on any atom is -0.458 e. The highest BCUT2D eigenvalue weighted by atomic mass is 19.4. The van der Waals surface area contributed by atoms with Crippen LogP contribution in [0.15, 0.2) is 0 Å². The number of hydrogen-bond acceptors (Lipinski definition) is 4. The van der Waals surface area contributed by atoms with Gasteiger partial charge < -0.3 is 14.2 Å². The Morgan fingerprint density at radius 1 is 1.35 bits per heavy atom. The van der Waals surface area contributed by atoms with Crippen molar-refractivity contribution >= 4 is 5.97 Å². The normalized spacial score (nSPS) is 15.4. The van der Waals surface area contributed by atoms with Gasteiger partial charge in [0, 0.05) is 13.7 Å². The molecule has 0 aliphatic heterocycles. The van der Waals surface area contributed by atoms with Gasteiger partial charge in [-0.15, -0.1) is 0 Å². The van der Waals surface area contributed by atoms with Crippen molar-refractivity contribution in [1.82, 2.24) is 0 Å². The molecule has 0 aromatic rings. The summed E-state index contributed by atoms with van der Waals surface area (Å²) < 4.78 is 51.1. The van der Waals surface area contributed by atoms with Crippen molar-refractivity contribution in [2.45, 2.75) is 38.7 Å². The van der Waals surface area contributed by atoms with Gasteiger partial charge >= 0.3 is 12.1 Å². The number of carbonyl (C=O) groups is 1. The molecule has 0 saturated heterocycles. The van der Waals surface area contributed by atoms with E-state index >= 15 is 0 Å². The van der Waals surface area contributed by atoms with E-state index < -0.39 is 24.4 Å². The highest BCUT2D eigenvalue weighted by Gasteiger charge is 2.47. The predicted octanol–water partition coefficient (Wildman–Crippen LogP) is 1.92. The fourth-order valence-corrected chi connectivity index (χ4v) is 1.06. The summed E-state index contributed by atoms with van der Waals surface area (Å²) in [5.74, 6) is -1.43. The third kappa shape index (κ3) is 6.48. The molecule has 0 aliphatic rings. The Morgan fingerprint density at radius 2 is 1.94 bits per heavy atom. The average molecular weight is 258 g/mol. The Balaban J connectivity index is 4.42. The van der Waals surface area contributed by atoms with Crippen molar-refractivity contribution in [3.05, 3.63) is 0 Å². The maximum absolute atomic E-state index is 12.5. The van der Waals surface area contributed by atoms with Crippen LogP contribution in [0.2, 0.25) is 0 Å². The quantitative estimate of drug-likeness (QED) is 0.654. The van der Waals surface area contributed by atoms with Crippen LogP contribution in [0.25, 0.3) is 0 Å². The molecule has 4 nitrogen and oxygen atoms in total. The molecule has 7 heteroatoms. The third-order valence-corrected chi connectivity index (χ3v) is 1.72. The summed E-state index contributed by atoms with van der Waals surface area (Å²) in [6.07, 6.45) is -7.66. The Kier molecular flexibility index (Phi) is 7.13. The van der Waals surface area contributed by atoms with Crippen LogP contribution in [0, 0.1) is 0 Å². The van der Waals surface area contributed by atoms with E-state index in [2.05, 4.69) is 14.2 Å². The average Bonchev–Trinajstić information content (AvgIpc) is 2.16. The second kappa shape index (κ2) is 7.50. The van der Waals surface area contributed by atoms with E-state index in [9.17, 15) is 18.0 Å². The fourth-order valence-electron chi connectivity index (χ4n) is 1.06. The van der Waals surface area contributed by atoms with Crippen molar-refractivity contribution in [2.24, 2.45) is 0 Å². The number of methoxy groups -OCH3 is 1. The number of halogens is 3. The Bertz CT molecular complexity index is 230. The van der Waals surface area contributed by atoms with Gasteiger partial charge in [-0.1, -0.05) is 6.92 Å². The molecule has 0 bridgehead atoms. The van der Waals surface area contributed by atoms with E-state index in [1.807, 2.05) is 0 Å². The molecule has 2 atom stereocenters. The molecular formula is C10H17F3O4. The van der Waals surface area contributed by atoms with Gasteiger partial charge in [-0.05, 0) is 13.3 Å². The van der Waals surface area contributed by atoms with Gasteiger partial charge in [-0.2, -0.15) is 13.2 Å². The molecule has 0 rings (SSSR count). The molecule has 0 N–H and O–H groups in total. The Hall–Kier alpha value is -0.820. The van der Waals surface area contributed by atoms with Gasteiger partial charge in [-0.25, -0.2) is 4.79 Å². The maximum Gasteiger partial charge on any atom is 0.425 e. The number of alkyl halides is 3. The van der Waals surface area contributed by atoms with Crippen LogP contribution in [0.4, 0.5) is 13.2 Å². The molecule has 2 unspecified atom stereocenters. The van der Waals surface area contributed by atoms with Gasteiger partial charge in [0.1, 0.15) is 6.10 Å². The van der Waals surface area contributed by atoms with Gasteiger partial charge in [0.2, 0.25) is 0 Å².